The Morgan fingerprint density at radius 1 is 1.21 bits per heavy atom. The largest absolute Gasteiger partial charge is 0.478 e. The first-order chi connectivity index (χ1) is 9.06. The Balaban J connectivity index is 3.31. The van der Waals surface area contributed by atoms with Gasteiger partial charge < -0.3 is 5.11 Å². The van der Waals surface area contributed by atoms with Gasteiger partial charge in [0.15, 0.2) is 0 Å². The highest BCUT2D eigenvalue weighted by Crippen LogP contribution is 2.21. The second kappa shape index (κ2) is 7.17. The Bertz CT molecular complexity index is 546. The number of rotatable bonds is 5. The first-order valence-corrected chi connectivity index (χ1v) is 6.03. The van der Waals surface area contributed by atoms with E-state index in [1.54, 1.807) is 19.1 Å². The highest BCUT2D eigenvalue weighted by Gasteiger charge is 2.04. The van der Waals surface area contributed by atoms with Crippen molar-refractivity contribution in [2.24, 2.45) is 0 Å². The van der Waals surface area contributed by atoms with E-state index in [9.17, 15) is 4.79 Å². The summed E-state index contributed by atoms with van der Waals surface area (Å²) in [4.78, 5) is 10.9. The van der Waals surface area contributed by atoms with E-state index in [2.05, 4.69) is 6.58 Å². The molecule has 0 bridgehead atoms. The Morgan fingerprint density at radius 3 is 2.37 bits per heavy atom. The van der Waals surface area contributed by atoms with E-state index in [0.717, 1.165) is 16.7 Å². The quantitative estimate of drug-likeness (QED) is 0.630. The maximum atomic E-state index is 10.9. The average Bonchev–Trinajstić information content (AvgIpc) is 2.40. The van der Waals surface area contributed by atoms with Crippen molar-refractivity contribution >= 4 is 11.5 Å². The van der Waals surface area contributed by atoms with Crippen molar-refractivity contribution in [3.63, 3.8) is 0 Å². The molecule has 0 aromatic heterocycles. The van der Waals surface area contributed by atoms with Gasteiger partial charge in [0.05, 0.1) is 0 Å². The predicted molar refractivity (Wildman–Crippen MR) is 79.8 cm³/mol. The monoisotopic (exact) mass is 254 g/mol. The summed E-state index contributed by atoms with van der Waals surface area (Å²) < 4.78 is 0. The smallest absolute Gasteiger partial charge is 0.331 e. The van der Waals surface area contributed by atoms with Gasteiger partial charge in [-0.3, -0.25) is 0 Å². The van der Waals surface area contributed by atoms with E-state index >= 15 is 0 Å². The predicted octanol–water partition coefficient (Wildman–Crippen LogP) is 4.23. The molecule has 1 N–H and O–H groups in total. The second-order valence-corrected chi connectivity index (χ2v) is 4.19. The third-order valence-electron chi connectivity index (χ3n) is 2.68. The zero-order chi connectivity index (χ0) is 14.3. The topological polar surface area (TPSA) is 37.3 Å². The van der Waals surface area contributed by atoms with Crippen LogP contribution < -0.4 is 0 Å². The van der Waals surface area contributed by atoms with Crippen molar-refractivity contribution in [3.05, 3.63) is 77.9 Å². The number of aliphatic carboxylic acids is 1. The number of hydrogen-bond donors (Lipinski definition) is 1. The third-order valence-corrected chi connectivity index (χ3v) is 2.68. The van der Waals surface area contributed by atoms with Crippen LogP contribution in [0.25, 0.3) is 5.57 Å². The van der Waals surface area contributed by atoms with Crippen molar-refractivity contribution in [3.8, 4) is 0 Å². The molecule has 0 fully saturated rings. The van der Waals surface area contributed by atoms with Crippen LogP contribution in [0.5, 0.6) is 0 Å². The summed E-state index contributed by atoms with van der Waals surface area (Å²) in [6, 6.07) is 9.86. The highest BCUT2D eigenvalue weighted by molar-refractivity contribution is 5.88. The molecule has 1 aromatic rings. The van der Waals surface area contributed by atoms with Crippen molar-refractivity contribution in [1.82, 2.24) is 0 Å². The minimum Gasteiger partial charge on any atom is -0.478 e. The molecule has 0 saturated heterocycles. The number of carboxylic acids is 1. The first-order valence-electron chi connectivity index (χ1n) is 6.03. The van der Waals surface area contributed by atoms with Gasteiger partial charge in [0.25, 0.3) is 0 Å². The molecular weight excluding hydrogens is 236 g/mol. The summed E-state index contributed by atoms with van der Waals surface area (Å²) in [7, 11) is 0. The van der Waals surface area contributed by atoms with Crippen LogP contribution >= 0.6 is 0 Å². The molecule has 19 heavy (non-hydrogen) atoms. The molecule has 0 atom stereocenters. The Labute approximate surface area is 114 Å². The lowest BCUT2D eigenvalue weighted by Gasteiger charge is -2.06. The van der Waals surface area contributed by atoms with Gasteiger partial charge in [0, 0.05) is 5.57 Å². The highest BCUT2D eigenvalue weighted by atomic mass is 16.4. The van der Waals surface area contributed by atoms with Crippen LogP contribution in [0.4, 0.5) is 0 Å². The normalized spacial score (nSPS) is 13.3. The number of carboxylic acid groups (broad SMARTS) is 1. The number of allylic oxidation sites excluding steroid dienone is 6. The average molecular weight is 254 g/mol. The van der Waals surface area contributed by atoms with Crippen molar-refractivity contribution in [2.75, 3.05) is 0 Å². The minimum atomic E-state index is -0.903. The first kappa shape index (κ1) is 14.7. The van der Waals surface area contributed by atoms with Gasteiger partial charge in [-0.15, -0.1) is 0 Å². The maximum absolute atomic E-state index is 10.9. The van der Waals surface area contributed by atoms with E-state index < -0.39 is 5.97 Å². The lowest BCUT2D eigenvalue weighted by molar-refractivity contribution is -0.132. The second-order valence-electron chi connectivity index (χ2n) is 4.19. The fourth-order valence-electron chi connectivity index (χ4n) is 1.70. The van der Waals surface area contributed by atoms with Crippen LogP contribution in [0, 0.1) is 0 Å². The lowest BCUT2D eigenvalue weighted by Crippen LogP contribution is -1.96. The van der Waals surface area contributed by atoms with Gasteiger partial charge in [-0.1, -0.05) is 55.1 Å². The zero-order valence-electron chi connectivity index (χ0n) is 11.3. The van der Waals surface area contributed by atoms with Gasteiger partial charge >= 0.3 is 5.97 Å². The lowest BCUT2D eigenvalue weighted by atomic mass is 9.99. The number of benzene rings is 1. The van der Waals surface area contributed by atoms with Gasteiger partial charge in [0.2, 0.25) is 0 Å². The molecular formula is C17H18O2. The SMILES string of the molecule is C=CC=CC(=C(C)C=C(C)C(=O)O)c1ccccc1. The van der Waals surface area contributed by atoms with Crippen LogP contribution in [0.3, 0.4) is 0 Å². The van der Waals surface area contributed by atoms with Gasteiger partial charge in [0.1, 0.15) is 0 Å². The van der Waals surface area contributed by atoms with E-state index in [1.165, 1.54) is 0 Å². The van der Waals surface area contributed by atoms with E-state index in [0.29, 0.717) is 5.57 Å². The summed E-state index contributed by atoms with van der Waals surface area (Å²) in [5, 5.41) is 8.93. The summed E-state index contributed by atoms with van der Waals surface area (Å²) in [6.45, 7) is 7.15. The van der Waals surface area contributed by atoms with Gasteiger partial charge in [-0.2, -0.15) is 0 Å². The van der Waals surface area contributed by atoms with E-state index in [1.807, 2.05) is 49.4 Å². The minimum absolute atomic E-state index is 0.318. The molecule has 0 spiro atoms. The van der Waals surface area contributed by atoms with E-state index in [-0.39, 0.29) is 0 Å². The van der Waals surface area contributed by atoms with Crippen LogP contribution in [0.2, 0.25) is 0 Å². The number of hydrogen-bond acceptors (Lipinski definition) is 1. The molecule has 0 aliphatic carbocycles. The Kier molecular flexibility index (Phi) is 5.55. The fourth-order valence-corrected chi connectivity index (χ4v) is 1.70. The van der Waals surface area contributed by atoms with Crippen molar-refractivity contribution in [1.29, 1.82) is 0 Å². The summed E-state index contributed by atoms with van der Waals surface area (Å²) in [6.07, 6.45) is 7.15. The molecule has 0 amide bonds. The molecule has 0 radical (unpaired) electrons. The van der Waals surface area contributed by atoms with Crippen molar-refractivity contribution < 1.29 is 9.90 Å². The third kappa shape index (κ3) is 4.43. The standard InChI is InChI=1S/C17H18O2/c1-4-5-11-16(15-9-7-6-8-10-15)13(2)12-14(3)17(18)19/h4-12H,1H2,2-3H3,(H,18,19). The number of carbonyl (C=O) groups is 1. The summed E-state index contributed by atoms with van der Waals surface area (Å²) >= 11 is 0. The molecule has 2 heteroatoms. The van der Waals surface area contributed by atoms with Crippen molar-refractivity contribution in [2.45, 2.75) is 13.8 Å². The van der Waals surface area contributed by atoms with E-state index in [4.69, 9.17) is 5.11 Å². The maximum Gasteiger partial charge on any atom is 0.331 e. The molecule has 2 nitrogen and oxygen atoms in total. The van der Waals surface area contributed by atoms with Gasteiger partial charge in [-0.05, 0) is 36.6 Å². The van der Waals surface area contributed by atoms with Gasteiger partial charge in [-0.25, -0.2) is 4.79 Å². The molecule has 0 saturated carbocycles. The molecule has 0 aliphatic rings. The Morgan fingerprint density at radius 2 is 1.84 bits per heavy atom. The molecule has 1 aromatic carbocycles. The Hall–Kier alpha value is -2.35. The van der Waals surface area contributed by atoms with Crippen LogP contribution in [-0.2, 0) is 4.79 Å². The zero-order valence-corrected chi connectivity index (χ0v) is 11.3. The van der Waals surface area contributed by atoms with Crippen LogP contribution in [0.15, 0.2) is 72.4 Å². The molecule has 0 aliphatic heterocycles. The summed E-state index contributed by atoms with van der Waals surface area (Å²) in [5.74, 6) is -0.903. The molecule has 1 rings (SSSR count). The molecule has 98 valence electrons. The van der Waals surface area contributed by atoms with Crippen LogP contribution in [-0.4, -0.2) is 11.1 Å². The fraction of sp³-hybridized carbons (Fsp3) is 0.118. The molecule has 0 unspecified atom stereocenters. The molecule has 0 heterocycles. The van der Waals surface area contributed by atoms with Crippen LogP contribution in [0.1, 0.15) is 19.4 Å². The summed E-state index contributed by atoms with van der Waals surface area (Å²) in [5.41, 5.74) is 3.26.